The number of hydrogen-bond acceptors (Lipinski definition) is 2. The van der Waals surface area contributed by atoms with Crippen molar-refractivity contribution in [2.45, 2.75) is 19.5 Å². The van der Waals surface area contributed by atoms with Gasteiger partial charge in [-0.15, -0.1) is 13.2 Å². The van der Waals surface area contributed by atoms with Crippen molar-refractivity contribution in [1.82, 2.24) is 4.57 Å². The first-order valence-electron chi connectivity index (χ1n) is 4.06. The fraction of sp³-hybridized carbons (Fsp3) is 0.500. The van der Waals surface area contributed by atoms with E-state index in [1.54, 1.807) is 23.0 Å². The minimum Gasteiger partial charge on any atom is -0.352 e. The van der Waals surface area contributed by atoms with Gasteiger partial charge in [0.25, 0.3) is 0 Å². The summed E-state index contributed by atoms with van der Waals surface area (Å²) >= 11 is 0. The summed E-state index contributed by atoms with van der Waals surface area (Å²) in [6.45, 7) is 0.162. The molecule has 3 nitrogen and oxygen atoms in total. The molecule has 0 bridgehead atoms. The number of ether oxygens (including phenoxy) is 1. The van der Waals surface area contributed by atoms with Gasteiger partial charge < -0.3 is 10.3 Å². The van der Waals surface area contributed by atoms with Gasteiger partial charge in [-0.1, -0.05) is 0 Å². The maximum Gasteiger partial charge on any atom is 0.522 e. The zero-order valence-electron chi connectivity index (χ0n) is 7.42. The van der Waals surface area contributed by atoms with Crippen LogP contribution in [-0.4, -0.2) is 17.5 Å². The Morgan fingerprint density at radius 2 is 2.14 bits per heavy atom. The zero-order chi connectivity index (χ0) is 10.6. The minimum atomic E-state index is -4.55. The lowest BCUT2D eigenvalue weighted by Crippen LogP contribution is -2.16. The molecule has 0 atom stereocenters. The maximum atomic E-state index is 11.6. The molecule has 0 aliphatic heterocycles. The highest BCUT2D eigenvalue weighted by Crippen LogP contribution is 2.15. The Morgan fingerprint density at radius 3 is 2.64 bits per heavy atom. The van der Waals surface area contributed by atoms with Crippen molar-refractivity contribution >= 4 is 0 Å². The van der Waals surface area contributed by atoms with Gasteiger partial charge in [0.1, 0.15) is 0 Å². The second kappa shape index (κ2) is 4.47. The van der Waals surface area contributed by atoms with Crippen LogP contribution < -0.4 is 5.73 Å². The molecular formula is C8H11F3N2O. The minimum absolute atomic E-state index is 0.166. The van der Waals surface area contributed by atoms with E-state index in [0.29, 0.717) is 6.54 Å². The first kappa shape index (κ1) is 11.1. The van der Waals surface area contributed by atoms with Crippen molar-refractivity contribution in [3.05, 3.63) is 24.0 Å². The number of aromatic nitrogens is 1. The van der Waals surface area contributed by atoms with Crippen LogP contribution in [-0.2, 0) is 17.8 Å². The Bertz CT molecular complexity index is 282. The molecular weight excluding hydrogens is 197 g/mol. The molecule has 1 aromatic rings. The fourth-order valence-electron chi connectivity index (χ4n) is 1.02. The third-order valence-corrected chi connectivity index (χ3v) is 1.66. The molecule has 2 N–H and O–H groups in total. The summed E-state index contributed by atoms with van der Waals surface area (Å²) in [5.41, 5.74) is 6.22. The van der Waals surface area contributed by atoms with Gasteiger partial charge in [0.2, 0.25) is 0 Å². The molecule has 0 fully saturated rings. The maximum absolute atomic E-state index is 11.6. The smallest absolute Gasteiger partial charge is 0.352 e. The molecule has 1 aromatic heterocycles. The molecule has 1 rings (SSSR count). The predicted octanol–water partition coefficient (Wildman–Crippen LogP) is 1.48. The van der Waals surface area contributed by atoms with E-state index in [1.807, 2.05) is 0 Å². The summed E-state index contributed by atoms with van der Waals surface area (Å²) in [5.74, 6) is 0. The lowest BCUT2D eigenvalue weighted by Gasteiger charge is -2.07. The van der Waals surface area contributed by atoms with E-state index in [-0.39, 0.29) is 13.2 Å². The Hall–Kier alpha value is -1.01. The number of nitrogens with two attached hydrogens (primary N) is 1. The quantitative estimate of drug-likeness (QED) is 0.814. The van der Waals surface area contributed by atoms with E-state index in [0.717, 1.165) is 5.56 Å². The van der Waals surface area contributed by atoms with E-state index in [4.69, 9.17) is 5.73 Å². The molecule has 80 valence electrons. The Labute approximate surface area is 79.3 Å². The van der Waals surface area contributed by atoms with Gasteiger partial charge in [0.05, 0.1) is 6.61 Å². The van der Waals surface area contributed by atoms with E-state index in [1.165, 1.54) is 0 Å². The summed E-state index contributed by atoms with van der Waals surface area (Å²) in [7, 11) is 0. The van der Waals surface area contributed by atoms with Gasteiger partial charge in [-0.2, -0.15) is 0 Å². The molecule has 0 radical (unpaired) electrons. The molecule has 0 saturated carbocycles. The summed E-state index contributed by atoms with van der Waals surface area (Å²) in [6.07, 6.45) is -1.19. The molecule has 0 aromatic carbocycles. The van der Waals surface area contributed by atoms with Crippen molar-refractivity contribution in [2.24, 2.45) is 5.73 Å². The molecule has 0 unspecified atom stereocenters. The second-order valence-corrected chi connectivity index (χ2v) is 2.76. The normalized spacial score (nSPS) is 12.0. The summed E-state index contributed by atoms with van der Waals surface area (Å²) in [4.78, 5) is 0. The molecule has 0 aliphatic rings. The van der Waals surface area contributed by atoms with Gasteiger partial charge >= 0.3 is 6.36 Å². The number of halogens is 3. The van der Waals surface area contributed by atoms with Crippen molar-refractivity contribution < 1.29 is 17.9 Å². The molecule has 0 amide bonds. The molecule has 0 saturated heterocycles. The Balaban J connectivity index is 2.31. The Morgan fingerprint density at radius 1 is 1.43 bits per heavy atom. The van der Waals surface area contributed by atoms with Crippen molar-refractivity contribution in [3.63, 3.8) is 0 Å². The lowest BCUT2D eigenvalue weighted by molar-refractivity contribution is -0.325. The second-order valence-electron chi connectivity index (χ2n) is 2.76. The van der Waals surface area contributed by atoms with E-state index in [9.17, 15) is 13.2 Å². The van der Waals surface area contributed by atoms with Crippen LogP contribution in [0.2, 0.25) is 0 Å². The number of alkyl halides is 3. The Kier molecular flexibility index (Phi) is 3.54. The van der Waals surface area contributed by atoms with Crippen molar-refractivity contribution in [3.8, 4) is 0 Å². The molecule has 14 heavy (non-hydrogen) atoms. The SMILES string of the molecule is NCc1ccn(CCOC(F)(F)F)c1. The van der Waals surface area contributed by atoms with Crippen molar-refractivity contribution in [2.75, 3.05) is 6.61 Å². The van der Waals surface area contributed by atoms with Gasteiger partial charge in [-0.25, -0.2) is 0 Å². The van der Waals surface area contributed by atoms with Gasteiger partial charge in [-0.05, 0) is 11.6 Å². The van der Waals surface area contributed by atoms with E-state index >= 15 is 0 Å². The largest absolute Gasteiger partial charge is 0.522 e. The number of nitrogens with zero attached hydrogens (tertiary/aromatic N) is 1. The van der Waals surface area contributed by atoms with Crippen LogP contribution in [0.3, 0.4) is 0 Å². The van der Waals surface area contributed by atoms with Crippen LogP contribution in [0.15, 0.2) is 18.5 Å². The first-order chi connectivity index (χ1) is 6.51. The number of hydrogen-bond donors (Lipinski definition) is 1. The highest BCUT2D eigenvalue weighted by atomic mass is 19.4. The van der Waals surface area contributed by atoms with Crippen LogP contribution >= 0.6 is 0 Å². The van der Waals surface area contributed by atoms with Gasteiger partial charge in [-0.3, -0.25) is 4.74 Å². The average molecular weight is 208 g/mol. The monoisotopic (exact) mass is 208 g/mol. The van der Waals surface area contributed by atoms with Crippen LogP contribution in [0, 0.1) is 0 Å². The topological polar surface area (TPSA) is 40.2 Å². The van der Waals surface area contributed by atoms with Gasteiger partial charge in [0, 0.05) is 25.5 Å². The van der Waals surface area contributed by atoms with Crippen LogP contribution in [0.5, 0.6) is 0 Å². The predicted molar refractivity (Wildman–Crippen MR) is 44.3 cm³/mol. The lowest BCUT2D eigenvalue weighted by atomic mass is 10.4. The van der Waals surface area contributed by atoms with E-state index in [2.05, 4.69) is 4.74 Å². The van der Waals surface area contributed by atoms with Gasteiger partial charge in [0.15, 0.2) is 0 Å². The summed E-state index contributed by atoms with van der Waals surface area (Å²) in [5, 5.41) is 0. The highest BCUT2D eigenvalue weighted by Gasteiger charge is 2.28. The van der Waals surface area contributed by atoms with Crippen LogP contribution in [0.4, 0.5) is 13.2 Å². The van der Waals surface area contributed by atoms with Crippen LogP contribution in [0.1, 0.15) is 5.56 Å². The third-order valence-electron chi connectivity index (χ3n) is 1.66. The molecule has 0 aliphatic carbocycles. The fourth-order valence-corrected chi connectivity index (χ4v) is 1.02. The number of rotatable bonds is 4. The molecule has 0 spiro atoms. The van der Waals surface area contributed by atoms with Crippen LogP contribution in [0.25, 0.3) is 0 Å². The highest BCUT2D eigenvalue weighted by molar-refractivity contribution is 5.09. The average Bonchev–Trinajstić information content (AvgIpc) is 2.50. The first-order valence-corrected chi connectivity index (χ1v) is 4.06. The molecule has 6 heteroatoms. The standard InChI is InChI=1S/C8H11F3N2O/c9-8(10,11)14-4-3-13-2-1-7(5-12)6-13/h1-2,6H,3-5,12H2. The summed E-state index contributed by atoms with van der Waals surface area (Å²) in [6, 6.07) is 1.76. The summed E-state index contributed by atoms with van der Waals surface area (Å²) < 4.78 is 40.0. The molecule has 1 heterocycles. The zero-order valence-corrected chi connectivity index (χ0v) is 7.42. The third kappa shape index (κ3) is 3.80. The van der Waals surface area contributed by atoms with Crippen molar-refractivity contribution in [1.29, 1.82) is 0 Å². The van der Waals surface area contributed by atoms with E-state index < -0.39 is 6.36 Å².